The fraction of sp³-hybridized carbons (Fsp3) is 0.478. The van der Waals surface area contributed by atoms with Gasteiger partial charge in [0.25, 0.3) is 5.56 Å². The summed E-state index contributed by atoms with van der Waals surface area (Å²) in [4.78, 5) is 26.4. The van der Waals surface area contributed by atoms with Crippen LogP contribution >= 0.6 is 0 Å². The average molecular weight is 382 g/mol. The van der Waals surface area contributed by atoms with Crippen molar-refractivity contribution < 1.29 is 4.79 Å². The number of carbonyl (C=O) groups excluding carboxylic acids is 1. The molecule has 0 bridgehead atoms. The topological polar surface area (TPSA) is 54.3 Å². The summed E-state index contributed by atoms with van der Waals surface area (Å²) in [6.45, 7) is 2.45. The van der Waals surface area contributed by atoms with Gasteiger partial charge in [-0.25, -0.2) is 0 Å². The highest BCUT2D eigenvalue weighted by Crippen LogP contribution is 2.25. The highest BCUT2D eigenvalue weighted by molar-refractivity contribution is 5.76. The van der Waals surface area contributed by atoms with Gasteiger partial charge in [0, 0.05) is 44.4 Å². The molecule has 0 unspecified atom stereocenters. The zero-order valence-electron chi connectivity index (χ0n) is 16.7. The summed E-state index contributed by atoms with van der Waals surface area (Å²) in [6, 6.07) is 15.9. The van der Waals surface area contributed by atoms with Crippen molar-refractivity contribution in [3.8, 4) is 0 Å². The lowest BCUT2D eigenvalue weighted by atomic mass is 9.85. The van der Waals surface area contributed by atoms with Crippen molar-refractivity contribution >= 4 is 5.91 Å². The average Bonchev–Trinajstić information content (AvgIpc) is 2.68. The number of amides is 1. The van der Waals surface area contributed by atoms with E-state index in [9.17, 15) is 9.59 Å². The maximum Gasteiger partial charge on any atom is 0.250 e. The van der Waals surface area contributed by atoms with Gasteiger partial charge in [-0.05, 0) is 43.9 Å². The van der Waals surface area contributed by atoms with Gasteiger partial charge in [-0.2, -0.15) is 0 Å². The van der Waals surface area contributed by atoms with Gasteiger partial charge >= 0.3 is 0 Å². The van der Waals surface area contributed by atoms with E-state index < -0.39 is 0 Å². The van der Waals surface area contributed by atoms with Crippen LogP contribution in [0, 0.1) is 5.92 Å². The van der Waals surface area contributed by atoms with Gasteiger partial charge in [-0.15, -0.1) is 0 Å². The highest BCUT2D eigenvalue weighted by atomic mass is 16.2. The van der Waals surface area contributed by atoms with E-state index in [1.165, 1.54) is 18.1 Å². The van der Waals surface area contributed by atoms with Crippen LogP contribution in [0.25, 0.3) is 0 Å². The monoisotopic (exact) mass is 381 g/mol. The van der Waals surface area contributed by atoms with E-state index in [0.29, 0.717) is 18.9 Å². The molecule has 1 aliphatic carbocycles. The first-order valence-corrected chi connectivity index (χ1v) is 10.3. The fourth-order valence-electron chi connectivity index (χ4n) is 4.16. The first-order valence-electron chi connectivity index (χ1n) is 10.3. The standard InChI is InChI=1S/C23H31N3O2/c1-25(17-19-8-3-2-4-9-19)18-20-10-7-11-21(16-20)24-22(27)13-15-26-14-6-5-12-23(26)28/h2-6,8-9,12,14,20-21H,7,10-11,13,15-18H2,1H3,(H,24,27)/t20-,21-/m1/s1. The van der Waals surface area contributed by atoms with Crippen LogP contribution in [0.5, 0.6) is 0 Å². The molecule has 5 nitrogen and oxygen atoms in total. The summed E-state index contributed by atoms with van der Waals surface area (Å²) >= 11 is 0. The number of aromatic nitrogens is 1. The Morgan fingerprint density at radius 1 is 1.14 bits per heavy atom. The van der Waals surface area contributed by atoms with E-state index in [2.05, 4.69) is 41.5 Å². The second kappa shape index (κ2) is 10.2. The molecule has 28 heavy (non-hydrogen) atoms. The smallest absolute Gasteiger partial charge is 0.250 e. The molecule has 1 fully saturated rings. The first-order chi connectivity index (χ1) is 13.6. The molecule has 5 heteroatoms. The lowest BCUT2D eigenvalue weighted by Gasteiger charge is -2.32. The number of aryl methyl sites for hydroxylation is 1. The summed E-state index contributed by atoms with van der Waals surface area (Å²) in [6.07, 6.45) is 6.55. The van der Waals surface area contributed by atoms with Crippen LogP contribution in [-0.2, 0) is 17.9 Å². The minimum atomic E-state index is -0.0607. The lowest BCUT2D eigenvalue weighted by Crippen LogP contribution is -2.41. The predicted octanol–water partition coefficient (Wildman–Crippen LogP) is 3.05. The molecule has 3 rings (SSSR count). The maximum absolute atomic E-state index is 12.3. The predicted molar refractivity (Wildman–Crippen MR) is 112 cm³/mol. The Morgan fingerprint density at radius 3 is 2.71 bits per heavy atom. The maximum atomic E-state index is 12.3. The van der Waals surface area contributed by atoms with Gasteiger partial charge in [0.15, 0.2) is 0 Å². The van der Waals surface area contributed by atoms with Crippen LogP contribution in [0.3, 0.4) is 0 Å². The molecule has 1 N–H and O–H groups in total. The molecule has 0 spiro atoms. The van der Waals surface area contributed by atoms with Crippen molar-refractivity contribution in [2.75, 3.05) is 13.6 Å². The normalized spacial score (nSPS) is 19.5. The van der Waals surface area contributed by atoms with Gasteiger partial charge in [0.05, 0.1) is 0 Å². The van der Waals surface area contributed by atoms with Gasteiger partial charge in [-0.3, -0.25) is 9.59 Å². The quantitative estimate of drug-likeness (QED) is 0.765. The minimum absolute atomic E-state index is 0.0408. The Labute approximate surface area is 167 Å². The Kier molecular flexibility index (Phi) is 7.43. The minimum Gasteiger partial charge on any atom is -0.353 e. The summed E-state index contributed by atoms with van der Waals surface area (Å²) in [7, 11) is 2.17. The van der Waals surface area contributed by atoms with Crippen LogP contribution in [0.15, 0.2) is 59.5 Å². The number of nitrogens with one attached hydrogen (secondary N) is 1. The molecule has 0 radical (unpaired) electrons. The molecule has 0 aliphatic heterocycles. The molecule has 150 valence electrons. The van der Waals surface area contributed by atoms with Gasteiger partial charge in [0.1, 0.15) is 0 Å². The third-order valence-corrected chi connectivity index (χ3v) is 5.49. The number of benzene rings is 1. The zero-order valence-corrected chi connectivity index (χ0v) is 16.7. The summed E-state index contributed by atoms with van der Waals surface area (Å²) in [5.74, 6) is 0.656. The van der Waals surface area contributed by atoms with Crippen molar-refractivity contribution in [1.29, 1.82) is 0 Å². The number of hydrogen-bond acceptors (Lipinski definition) is 3. The third kappa shape index (κ3) is 6.34. The summed E-state index contributed by atoms with van der Waals surface area (Å²) < 4.78 is 1.59. The molecule has 1 amide bonds. The summed E-state index contributed by atoms with van der Waals surface area (Å²) in [5, 5.41) is 3.19. The Hall–Kier alpha value is -2.40. The van der Waals surface area contributed by atoms with Crippen LogP contribution < -0.4 is 10.9 Å². The molecule has 1 heterocycles. The molecule has 1 saturated carbocycles. The molecular weight excluding hydrogens is 350 g/mol. The Morgan fingerprint density at radius 2 is 1.93 bits per heavy atom. The summed E-state index contributed by atoms with van der Waals surface area (Å²) in [5.41, 5.74) is 1.27. The van der Waals surface area contributed by atoms with E-state index in [0.717, 1.165) is 32.4 Å². The van der Waals surface area contributed by atoms with Crippen LogP contribution in [-0.4, -0.2) is 35.0 Å². The van der Waals surface area contributed by atoms with E-state index >= 15 is 0 Å². The number of rotatable bonds is 8. The van der Waals surface area contributed by atoms with Crippen molar-refractivity contribution in [2.45, 2.75) is 51.2 Å². The van der Waals surface area contributed by atoms with Crippen molar-refractivity contribution in [3.63, 3.8) is 0 Å². The largest absolute Gasteiger partial charge is 0.353 e. The number of hydrogen-bond donors (Lipinski definition) is 1. The zero-order chi connectivity index (χ0) is 19.8. The molecule has 2 atom stereocenters. The van der Waals surface area contributed by atoms with E-state index in [4.69, 9.17) is 0 Å². The van der Waals surface area contributed by atoms with Gasteiger partial charge in [0.2, 0.25) is 5.91 Å². The highest BCUT2D eigenvalue weighted by Gasteiger charge is 2.24. The van der Waals surface area contributed by atoms with Crippen LogP contribution in [0.1, 0.15) is 37.7 Å². The molecule has 2 aromatic rings. The van der Waals surface area contributed by atoms with Gasteiger partial charge in [-0.1, -0.05) is 42.8 Å². The molecule has 1 aromatic carbocycles. The lowest BCUT2D eigenvalue weighted by molar-refractivity contribution is -0.122. The van der Waals surface area contributed by atoms with Crippen LogP contribution in [0.2, 0.25) is 0 Å². The Bertz CT molecular complexity index is 803. The fourth-order valence-corrected chi connectivity index (χ4v) is 4.16. The van der Waals surface area contributed by atoms with Crippen molar-refractivity contribution in [1.82, 2.24) is 14.8 Å². The third-order valence-electron chi connectivity index (χ3n) is 5.49. The SMILES string of the molecule is CN(Cc1ccccc1)C[C@@H]1CCC[C@@H](NC(=O)CCn2ccccc2=O)C1. The Balaban J connectivity index is 1.42. The van der Waals surface area contributed by atoms with Crippen molar-refractivity contribution in [3.05, 3.63) is 70.6 Å². The van der Waals surface area contributed by atoms with E-state index in [1.807, 2.05) is 12.1 Å². The molecule has 1 aliphatic rings. The molecule has 1 aromatic heterocycles. The second-order valence-electron chi connectivity index (χ2n) is 7.96. The van der Waals surface area contributed by atoms with Gasteiger partial charge < -0.3 is 14.8 Å². The number of nitrogens with zero attached hydrogens (tertiary/aromatic N) is 2. The van der Waals surface area contributed by atoms with Crippen molar-refractivity contribution in [2.24, 2.45) is 5.92 Å². The number of carbonyl (C=O) groups is 1. The van der Waals surface area contributed by atoms with E-state index in [-0.39, 0.29) is 17.5 Å². The van der Waals surface area contributed by atoms with E-state index in [1.54, 1.807) is 16.8 Å². The molecular formula is C23H31N3O2. The first kappa shape index (κ1) is 20.3. The molecule has 0 saturated heterocycles. The number of pyridine rings is 1. The van der Waals surface area contributed by atoms with Crippen LogP contribution in [0.4, 0.5) is 0 Å². The second-order valence-corrected chi connectivity index (χ2v) is 7.96.